The normalized spacial score (nSPS) is 28.6. The number of rotatable bonds is 9. The standard InChI is InChI=1S/C34H36O6S/c35-33(36)29(26-13-16-30(28(20-26)23-11-12-23)41(37,38)27-14-15-27)19-22-17-18-34(21-22)39-31(24-7-3-1-4-8-24)32(40-34)25-9-5-2-6-10-25/h1-10,13,16,20,22-23,27,29,31-32H,11-12,14-15,17-19,21H2,(H,35,36). The van der Waals surface area contributed by atoms with Crippen molar-refractivity contribution >= 4 is 15.8 Å². The largest absolute Gasteiger partial charge is 0.481 e. The lowest BCUT2D eigenvalue weighted by molar-refractivity contribution is -0.173. The summed E-state index contributed by atoms with van der Waals surface area (Å²) in [6.45, 7) is 0. The van der Waals surface area contributed by atoms with E-state index < -0.39 is 27.5 Å². The van der Waals surface area contributed by atoms with Crippen LogP contribution in [0.2, 0.25) is 0 Å². The fraction of sp³-hybridized carbons (Fsp3) is 0.441. The first-order valence-corrected chi connectivity index (χ1v) is 16.4. The van der Waals surface area contributed by atoms with Crippen LogP contribution in [0.15, 0.2) is 83.8 Å². The minimum Gasteiger partial charge on any atom is -0.481 e. The van der Waals surface area contributed by atoms with E-state index in [0.717, 1.165) is 48.8 Å². The molecule has 0 aromatic heterocycles. The van der Waals surface area contributed by atoms with Crippen molar-refractivity contribution in [3.05, 3.63) is 101 Å². The average molecular weight is 573 g/mol. The maximum absolute atomic E-state index is 13.1. The SMILES string of the molecule is O=C(O)C(CC1CCC2(C1)OC(c1ccccc1)C(c1ccccc1)O2)c1ccc(S(=O)(=O)C2CC2)c(C2CC2)c1. The van der Waals surface area contributed by atoms with Crippen molar-refractivity contribution in [1.29, 1.82) is 0 Å². The highest BCUT2D eigenvalue weighted by atomic mass is 32.2. The molecule has 214 valence electrons. The van der Waals surface area contributed by atoms with Crippen molar-refractivity contribution in [2.45, 2.75) is 91.3 Å². The van der Waals surface area contributed by atoms with Crippen LogP contribution in [0, 0.1) is 5.92 Å². The Morgan fingerprint density at radius 3 is 2.00 bits per heavy atom. The number of ether oxygens (including phenoxy) is 2. The van der Waals surface area contributed by atoms with Crippen LogP contribution in [0.1, 0.15) is 97.7 Å². The molecule has 1 saturated heterocycles. The quantitative estimate of drug-likeness (QED) is 0.295. The van der Waals surface area contributed by atoms with E-state index >= 15 is 0 Å². The molecular formula is C34H36O6S. The minimum atomic E-state index is -3.34. The second-order valence-corrected chi connectivity index (χ2v) is 14.6. The van der Waals surface area contributed by atoms with Gasteiger partial charge in [0.25, 0.3) is 0 Å². The first kappa shape index (κ1) is 26.9. The molecule has 3 saturated carbocycles. The highest BCUT2D eigenvalue weighted by Gasteiger charge is 2.53. The van der Waals surface area contributed by atoms with Crippen LogP contribution in [0.5, 0.6) is 0 Å². The van der Waals surface area contributed by atoms with Gasteiger partial charge in [0.2, 0.25) is 0 Å². The van der Waals surface area contributed by atoms with Gasteiger partial charge in [-0.15, -0.1) is 0 Å². The summed E-state index contributed by atoms with van der Waals surface area (Å²) in [7, 11) is -3.34. The molecule has 1 N–H and O–H groups in total. The lowest BCUT2D eigenvalue weighted by Crippen LogP contribution is -2.27. The summed E-state index contributed by atoms with van der Waals surface area (Å²) in [5.41, 5.74) is 3.66. The van der Waals surface area contributed by atoms with E-state index in [1.807, 2.05) is 42.5 Å². The Hall–Kier alpha value is -3.00. The maximum Gasteiger partial charge on any atom is 0.310 e. The molecule has 41 heavy (non-hydrogen) atoms. The molecule has 4 unspecified atom stereocenters. The molecule has 7 heteroatoms. The second kappa shape index (κ2) is 10.4. The fourth-order valence-electron chi connectivity index (χ4n) is 6.90. The van der Waals surface area contributed by atoms with Gasteiger partial charge in [-0.05, 0) is 78.7 Å². The molecule has 1 heterocycles. The van der Waals surface area contributed by atoms with E-state index in [-0.39, 0.29) is 29.3 Å². The Balaban J connectivity index is 1.12. The average Bonchev–Trinajstić information content (AvgIpc) is 3.93. The van der Waals surface area contributed by atoms with E-state index in [2.05, 4.69) is 24.3 Å². The number of carbonyl (C=O) groups is 1. The first-order valence-electron chi connectivity index (χ1n) is 14.9. The third-order valence-electron chi connectivity index (χ3n) is 9.34. The van der Waals surface area contributed by atoms with Crippen LogP contribution < -0.4 is 0 Å². The summed E-state index contributed by atoms with van der Waals surface area (Å²) in [6.07, 6.45) is 5.50. The number of carboxylic acid groups (broad SMARTS) is 1. The number of hydrogen-bond donors (Lipinski definition) is 1. The van der Waals surface area contributed by atoms with Gasteiger partial charge < -0.3 is 14.6 Å². The monoisotopic (exact) mass is 572 g/mol. The van der Waals surface area contributed by atoms with Gasteiger partial charge in [0.05, 0.1) is 16.1 Å². The number of sulfone groups is 1. The maximum atomic E-state index is 13.1. The van der Waals surface area contributed by atoms with E-state index in [1.54, 1.807) is 12.1 Å². The van der Waals surface area contributed by atoms with Gasteiger partial charge >= 0.3 is 5.97 Å². The van der Waals surface area contributed by atoms with E-state index in [9.17, 15) is 18.3 Å². The summed E-state index contributed by atoms with van der Waals surface area (Å²) >= 11 is 0. The molecule has 6 nitrogen and oxygen atoms in total. The highest BCUT2D eigenvalue weighted by Crippen LogP contribution is 2.55. The van der Waals surface area contributed by atoms with Gasteiger partial charge in [-0.25, -0.2) is 8.42 Å². The molecule has 7 rings (SSSR count). The Labute approximate surface area is 241 Å². The van der Waals surface area contributed by atoms with Crippen molar-refractivity contribution in [1.82, 2.24) is 0 Å². The van der Waals surface area contributed by atoms with Crippen molar-refractivity contribution in [3.8, 4) is 0 Å². The molecule has 4 atom stereocenters. The van der Waals surface area contributed by atoms with Crippen LogP contribution in [0.4, 0.5) is 0 Å². The number of benzene rings is 3. The number of aliphatic carboxylic acids is 1. The van der Waals surface area contributed by atoms with Gasteiger partial charge in [-0.1, -0.05) is 72.8 Å². The predicted octanol–water partition coefficient (Wildman–Crippen LogP) is 7.08. The third-order valence-corrected chi connectivity index (χ3v) is 11.7. The number of hydrogen-bond acceptors (Lipinski definition) is 5. The zero-order valence-electron chi connectivity index (χ0n) is 23.0. The Morgan fingerprint density at radius 2 is 1.46 bits per heavy atom. The molecule has 3 aromatic rings. The Bertz CT molecular complexity index is 1480. The molecule has 0 amide bonds. The van der Waals surface area contributed by atoms with Gasteiger partial charge in [-0.2, -0.15) is 0 Å². The van der Waals surface area contributed by atoms with E-state index in [4.69, 9.17) is 9.47 Å². The molecule has 0 bridgehead atoms. The first-order chi connectivity index (χ1) is 19.8. The lowest BCUT2D eigenvalue weighted by atomic mass is 9.86. The lowest BCUT2D eigenvalue weighted by Gasteiger charge is -2.24. The van der Waals surface area contributed by atoms with Crippen molar-refractivity contribution in [3.63, 3.8) is 0 Å². The molecule has 1 spiro atoms. The van der Waals surface area contributed by atoms with Crippen molar-refractivity contribution < 1.29 is 27.8 Å². The molecule has 0 radical (unpaired) electrons. The highest BCUT2D eigenvalue weighted by molar-refractivity contribution is 7.92. The Morgan fingerprint density at radius 1 is 0.854 bits per heavy atom. The molecule has 3 aromatic carbocycles. The summed E-state index contributed by atoms with van der Waals surface area (Å²) in [6, 6.07) is 25.6. The van der Waals surface area contributed by atoms with Gasteiger partial charge in [0.1, 0.15) is 12.2 Å². The molecule has 4 fully saturated rings. The van der Waals surface area contributed by atoms with Crippen LogP contribution in [-0.2, 0) is 24.1 Å². The molecule has 4 aliphatic rings. The van der Waals surface area contributed by atoms with E-state index in [0.29, 0.717) is 29.7 Å². The van der Waals surface area contributed by atoms with Gasteiger partial charge in [0, 0.05) is 12.8 Å². The summed E-state index contributed by atoms with van der Waals surface area (Å²) in [5, 5.41) is 10.0. The summed E-state index contributed by atoms with van der Waals surface area (Å²) in [5.74, 6) is -2.01. The predicted molar refractivity (Wildman–Crippen MR) is 154 cm³/mol. The van der Waals surface area contributed by atoms with Crippen LogP contribution in [0.3, 0.4) is 0 Å². The third kappa shape index (κ3) is 5.24. The molecular weight excluding hydrogens is 536 g/mol. The molecule has 3 aliphatic carbocycles. The number of carboxylic acids is 1. The second-order valence-electron chi connectivity index (χ2n) is 12.4. The molecule has 1 aliphatic heterocycles. The van der Waals surface area contributed by atoms with Crippen molar-refractivity contribution in [2.75, 3.05) is 0 Å². The van der Waals surface area contributed by atoms with Crippen LogP contribution in [0.25, 0.3) is 0 Å². The summed E-state index contributed by atoms with van der Waals surface area (Å²) < 4.78 is 39.7. The van der Waals surface area contributed by atoms with Crippen LogP contribution in [-0.4, -0.2) is 30.5 Å². The Kier molecular flexibility index (Phi) is 6.80. The van der Waals surface area contributed by atoms with Gasteiger partial charge in [0.15, 0.2) is 15.6 Å². The van der Waals surface area contributed by atoms with Crippen LogP contribution >= 0.6 is 0 Å². The fourth-order valence-corrected chi connectivity index (χ4v) is 8.82. The van der Waals surface area contributed by atoms with Crippen molar-refractivity contribution in [2.24, 2.45) is 5.92 Å². The van der Waals surface area contributed by atoms with E-state index in [1.165, 1.54) is 0 Å². The smallest absolute Gasteiger partial charge is 0.310 e. The van der Waals surface area contributed by atoms with Gasteiger partial charge in [-0.3, -0.25) is 4.79 Å². The zero-order chi connectivity index (χ0) is 28.2. The topological polar surface area (TPSA) is 89.9 Å². The summed E-state index contributed by atoms with van der Waals surface area (Å²) in [4.78, 5) is 13.0. The minimum absolute atomic E-state index is 0.112. The zero-order valence-corrected chi connectivity index (χ0v) is 23.8.